The Bertz CT molecular complexity index is 1450. The molecule has 1 atom stereocenters. The van der Waals surface area contributed by atoms with Crippen LogP contribution >= 0.6 is 0 Å². The number of amides is 2. The highest BCUT2D eigenvalue weighted by molar-refractivity contribution is 5.89. The molecule has 210 valence electrons. The Hall–Kier alpha value is -4.47. The first-order valence-corrected chi connectivity index (χ1v) is 13.3. The van der Waals surface area contributed by atoms with E-state index in [1.165, 1.54) is 0 Å². The van der Waals surface area contributed by atoms with Gasteiger partial charge >= 0.3 is 0 Å². The van der Waals surface area contributed by atoms with E-state index in [2.05, 4.69) is 20.6 Å². The molecule has 40 heavy (non-hydrogen) atoms. The van der Waals surface area contributed by atoms with Crippen molar-refractivity contribution in [1.82, 2.24) is 30.2 Å². The number of nitrogens with one attached hydrogen (secondary N) is 1. The molecule has 1 N–H and O–H groups in total. The average molecular weight is 545 g/mol. The van der Waals surface area contributed by atoms with E-state index in [0.29, 0.717) is 29.0 Å². The number of hydrogen-bond donors (Lipinski definition) is 1. The predicted octanol–water partition coefficient (Wildman–Crippen LogP) is 3.96. The third kappa shape index (κ3) is 6.56. The van der Waals surface area contributed by atoms with E-state index in [9.17, 15) is 9.59 Å². The van der Waals surface area contributed by atoms with Crippen LogP contribution in [0.2, 0.25) is 0 Å². The quantitative estimate of drug-likeness (QED) is 0.287. The molecule has 0 aliphatic heterocycles. The van der Waals surface area contributed by atoms with E-state index in [1.54, 1.807) is 42.3 Å². The normalized spacial score (nSPS) is 12.1. The van der Waals surface area contributed by atoms with Crippen molar-refractivity contribution in [2.24, 2.45) is 0 Å². The van der Waals surface area contributed by atoms with Crippen LogP contribution in [0.15, 0.2) is 67.0 Å². The summed E-state index contributed by atoms with van der Waals surface area (Å²) in [5, 5.41) is 11.5. The largest absolute Gasteiger partial charge is 0.493 e. The molecule has 10 nitrogen and oxygen atoms in total. The molecule has 4 rings (SSSR count). The molecule has 2 amide bonds. The second-order valence-electron chi connectivity index (χ2n) is 10.2. The van der Waals surface area contributed by atoms with Gasteiger partial charge in [-0.3, -0.25) is 14.6 Å². The maximum Gasteiger partial charge on any atom is 0.247 e. The van der Waals surface area contributed by atoms with Crippen LogP contribution < -0.4 is 14.8 Å². The molecule has 4 aromatic rings. The number of hydrogen-bond acceptors (Lipinski definition) is 7. The fourth-order valence-corrected chi connectivity index (χ4v) is 4.44. The van der Waals surface area contributed by atoms with Gasteiger partial charge in [-0.2, -0.15) is 0 Å². The van der Waals surface area contributed by atoms with Crippen LogP contribution in [-0.2, 0) is 22.6 Å². The Labute approximate surface area is 234 Å². The molecule has 0 radical (unpaired) electrons. The number of para-hydroxylation sites is 1. The van der Waals surface area contributed by atoms with Crippen LogP contribution in [0, 0.1) is 0 Å². The van der Waals surface area contributed by atoms with Crippen LogP contribution in [0.3, 0.4) is 0 Å². The predicted molar refractivity (Wildman–Crippen MR) is 152 cm³/mol. The Morgan fingerprint density at radius 1 is 1.05 bits per heavy atom. The van der Waals surface area contributed by atoms with Gasteiger partial charge in [0.15, 0.2) is 11.5 Å². The fraction of sp³-hybridized carbons (Fsp3) is 0.367. The molecule has 2 aromatic carbocycles. The van der Waals surface area contributed by atoms with Crippen molar-refractivity contribution in [3.05, 3.63) is 78.1 Å². The molecule has 2 heterocycles. The lowest BCUT2D eigenvalue weighted by atomic mass is 9.99. The second-order valence-corrected chi connectivity index (χ2v) is 10.2. The minimum atomic E-state index is -0.901. The van der Waals surface area contributed by atoms with Crippen LogP contribution in [0.5, 0.6) is 11.5 Å². The Morgan fingerprint density at radius 2 is 1.82 bits per heavy atom. The minimum absolute atomic E-state index is 0.0757. The number of benzene rings is 2. The monoisotopic (exact) mass is 544 g/mol. The smallest absolute Gasteiger partial charge is 0.247 e. The number of carbonyl (C=O) groups is 2. The van der Waals surface area contributed by atoms with E-state index in [1.807, 2.05) is 69.3 Å². The lowest BCUT2D eigenvalue weighted by Gasteiger charge is -2.34. The number of nitrogens with zero attached hydrogens (tertiary/aromatic N) is 5. The number of fused-ring (bicyclic) bond motifs is 1. The summed E-state index contributed by atoms with van der Waals surface area (Å²) in [4.78, 5) is 33.8. The van der Waals surface area contributed by atoms with Gasteiger partial charge in [0.2, 0.25) is 11.8 Å². The molecular formula is C30H36N6O4. The molecule has 10 heteroatoms. The van der Waals surface area contributed by atoms with Crippen LogP contribution in [0.25, 0.3) is 11.0 Å². The van der Waals surface area contributed by atoms with Crippen molar-refractivity contribution in [3.8, 4) is 11.5 Å². The summed E-state index contributed by atoms with van der Waals surface area (Å²) >= 11 is 0. The second kappa shape index (κ2) is 12.6. The Kier molecular flexibility index (Phi) is 8.98. The van der Waals surface area contributed by atoms with E-state index >= 15 is 0 Å². The highest BCUT2D eigenvalue weighted by Crippen LogP contribution is 2.29. The molecule has 0 saturated heterocycles. The van der Waals surface area contributed by atoms with Gasteiger partial charge in [0.25, 0.3) is 0 Å². The summed E-state index contributed by atoms with van der Waals surface area (Å²) < 4.78 is 12.4. The van der Waals surface area contributed by atoms with Gasteiger partial charge < -0.3 is 19.7 Å². The van der Waals surface area contributed by atoms with Gasteiger partial charge in [-0.05, 0) is 62.6 Å². The Balaban J connectivity index is 1.71. The molecule has 2 aromatic heterocycles. The molecule has 0 saturated carbocycles. The molecule has 0 spiro atoms. The highest BCUT2D eigenvalue weighted by atomic mass is 16.5. The standard InChI is InChI=1S/C30H36N6O4/c1-6-30(2,3)32-29(38)28(22-10-9-16-31-19-22)35(17-15-21-13-14-25(39-4)26(18-21)40-5)27(37)20-36-24-12-8-7-11-23(24)33-34-36/h7-14,16,18-19,28H,6,15,17,20H2,1-5H3,(H,32,38). The summed E-state index contributed by atoms with van der Waals surface area (Å²) in [7, 11) is 3.17. The van der Waals surface area contributed by atoms with Crippen molar-refractivity contribution in [3.63, 3.8) is 0 Å². The fourth-order valence-electron chi connectivity index (χ4n) is 4.44. The zero-order chi connectivity index (χ0) is 28.7. The molecular weight excluding hydrogens is 508 g/mol. The molecule has 0 bridgehead atoms. The number of ether oxygens (including phenoxy) is 2. The van der Waals surface area contributed by atoms with E-state index in [-0.39, 0.29) is 24.9 Å². The van der Waals surface area contributed by atoms with Gasteiger partial charge in [-0.1, -0.05) is 36.4 Å². The van der Waals surface area contributed by atoms with E-state index < -0.39 is 11.6 Å². The average Bonchev–Trinajstić information content (AvgIpc) is 3.37. The lowest BCUT2D eigenvalue weighted by Crippen LogP contribution is -2.51. The number of rotatable bonds is 12. The van der Waals surface area contributed by atoms with Gasteiger partial charge in [0.05, 0.1) is 19.7 Å². The SMILES string of the molecule is CCC(C)(C)NC(=O)C(c1cccnc1)N(CCc1ccc(OC)c(OC)c1)C(=O)Cn1nnc2ccccc21. The van der Waals surface area contributed by atoms with Crippen molar-refractivity contribution in [1.29, 1.82) is 0 Å². The zero-order valence-electron chi connectivity index (χ0n) is 23.6. The van der Waals surface area contributed by atoms with Gasteiger partial charge in [-0.25, -0.2) is 4.68 Å². The van der Waals surface area contributed by atoms with Gasteiger partial charge in [0, 0.05) is 30.0 Å². The van der Waals surface area contributed by atoms with Crippen molar-refractivity contribution in [2.75, 3.05) is 20.8 Å². The number of methoxy groups -OCH3 is 2. The summed E-state index contributed by atoms with van der Waals surface area (Å²) in [5.74, 6) is 0.670. The third-order valence-corrected chi connectivity index (χ3v) is 7.02. The third-order valence-electron chi connectivity index (χ3n) is 7.02. The highest BCUT2D eigenvalue weighted by Gasteiger charge is 2.34. The molecule has 1 unspecified atom stereocenters. The number of carbonyl (C=O) groups excluding carboxylic acids is 2. The summed E-state index contributed by atoms with van der Waals surface area (Å²) in [6.07, 6.45) is 4.48. The zero-order valence-corrected chi connectivity index (χ0v) is 23.6. The van der Waals surface area contributed by atoms with Crippen molar-refractivity contribution in [2.45, 2.75) is 51.7 Å². The maximum absolute atomic E-state index is 14.0. The lowest BCUT2D eigenvalue weighted by molar-refractivity contribution is -0.142. The van der Waals surface area contributed by atoms with Crippen LogP contribution in [0.1, 0.15) is 44.4 Å². The minimum Gasteiger partial charge on any atom is -0.493 e. The molecule has 0 aliphatic carbocycles. The molecule has 0 aliphatic rings. The number of aromatic nitrogens is 4. The first kappa shape index (κ1) is 28.5. The first-order valence-electron chi connectivity index (χ1n) is 13.3. The Morgan fingerprint density at radius 3 is 2.52 bits per heavy atom. The number of pyridine rings is 1. The summed E-state index contributed by atoms with van der Waals surface area (Å²) in [6.45, 7) is 6.12. The topological polar surface area (TPSA) is 111 Å². The van der Waals surface area contributed by atoms with Crippen molar-refractivity contribution >= 4 is 22.8 Å². The molecule has 0 fully saturated rings. The van der Waals surface area contributed by atoms with Crippen LogP contribution in [0.4, 0.5) is 0 Å². The maximum atomic E-state index is 14.0. The summed E-state index contributed by atoms with van der Waals surface area (Å²) in [5.41, 5.74) is 2.53. The van der Waals surface area contributed by atoms with Crippen molar-refractivity contribution < 1.29 is 19.1 Å². The first-order chi connectivity index (χ1) is 19.3. The summed E-state index contributed by atoms with van der Waals surface area (Å²) in [6, 6.07) is 15.8. The van der Waals surface area contributed by atoms with Gasteiger partial charge in [0.1, 0.15) is 18.1 Å². The van der Waals surface area contributed by atoms with Gasteiger partial charge in [-0.15, -0.1) is 5.10 Å². The van der Waals surface area contributed by atoms with Crippen LogP contribution in [-0.4, -0.2) is 63.0 Å². The van der Waals surface area contributed by atoms with E-state index in [0.717, 1.165) is 17.5 Å². The van der Waals surface area contributed by atoms with E-state index in [4.69, 9.17) is 9.47 Å².